The van der Waals surface area contributed by atoms with Crippen LogP contribution in [-0.4, -0.2) is 32.0 Å². The van der Waals surface area contributed by atoms with Crippen molar-refractivity contribution in [1.82, 2.24) is 10.6 Å². The van der Waals surface area contributed by atoms with Crippen molar-refractivity contribution in [2.45, 2.75) is 0 Å². The van der Waals surface area contributed by atoms with Crippen LogP contribution in [0, 0.1) is 5.82 Å². The quantitative estimate of drug-likeness (QED) is 0.592. The summed E-state index contributed by atoms with van der Waals surface area (Å²) in [4.78, 5) is 23.9. The first-order valence-electron chi connectivity index (χ1n) is 7.27. The van der Waals surface area contributed by atoms with Gasteiger partial charge in [0, 0.05) is 18.7 Å². The molecule has 2 N–H and O–H groups in total. The average molecular weight is 385 g/mol. The molecule has 0 fully saturated rings. The number of carbonyl (C=O) groups excluding carboxylic acids is 2. The van der Waals surface area contributed by atoms with Crippen molar-refractivity contribution in [3.05, 3.63) is 63.4 Å². The SMILES string of the molecule is COc1ccc(C(=O)NCCNC(=O)c2cc(F)c(Cl)cc2Cl)cc1. The molecule has 0 bridgehead atoms. The molecule has 0 unspecified atom stereocenters. The maximum atomic E-state index is 13.4. The number of nitrogens with one attached hydrogen (secondary N) is 2. The van der Waals surface area contributed by atoms with E-state index in [9.17, 15) is 14.0 Å². The molecule has 132 valence electrons. The lowest BCUT2D eigenvalue weighted by Crippen LogP contribution is -2.34. The Morgan fingerprint density at radius 1 is 1.00 bits per heavy atom. The third-order valence-corrected chi connectivity index (χ3v) is 3.91. The van der Waals surface area contributed by atoms with Gasteiger partial charge in [-0.2, -0.15) is 0 Å². The minimum atomic E-state index is -0.732. The molecule has 0 aliphatic rings. The topological polar surface area (TPSA) is 67.4 Å². The molecular formula is C17H15Cl2FN2O3. The molecule has 2 aromatic rings. The lowest BCUT2D eigenvalue weighted by molar-refractivity contribution is 0.0927. The molecule has 0 radical (unpaired) electrons. The van der Waals surface area contributed by atoms with Crippen LogP contribution in [-0.2, 0) is 0 Å². The first-order chi connectivity index (χ1) is 11.9. The molecule has 0 aliphatic carbocycles. The Morgan fingerprint density at radius 2 is 1.60 bits per heavy atom. The first kappa shape index (κ1) is 19.0. The highest BCUT2D eigenvalue weighted by Crippen LogP contribution is 2.24. The van der Waals surface area contributed by atoms with E-state index in [4.69, 9.17) is 27.9 Å². The Morgan fingerprint density at radius 3 is 2.20 bits per heavy atom. The zero-order chi connectivity index (χ0) is 18.4. The lowest BCUT2D eigenvalue weighted by Gasteiger charge is -2.09. The van der Waals surface area contributed by atoms with Crippen molar-refractivity contribution in [3.63, 3.8) is 0 Å². The number of methoxy groups -OCH3 is 1. The Labute approximate surface area is 154 Å². The minimum Gasteiger partial charge on any atom is -0.497 e. The minimum absolute atomic E-state index is 0.0231. The molecule has 8 heteroatoms. The van der Waals surface area contributed by atoms with E-state index in [1.54, 1.807) is 24.3 Å². The molecule has 5 nitrogen and oxygen atoms in total. The van der Waals surface area contributed by atoms with E-state index in [0.29, 0.717) is 11.3 Å². The van der Waals surface area contributed by atoms with Crippen molar-refractivity contribution < 1.29 is 18.7 Å². The first-order valence-corrected chi connectivity index (χ1v) is 8.03. The third-order valence-electron chi connectivity index (χ3n) is 3.30. The van der Waals surface area contributed by atoms with Gasteiger partial charge in [0.15, 0.2) is 0 Å². The van der Waals surface area contributed by atoms with Gasteiger partial charge in [-0.15, -0.1) is 0 Å². The number of carbonyl (C=O) groups is 2. The van der Waals surface area contributed by atoms with E-state index < -0.39 is 11.7 Å². The summed E-state index contributed by atoms with van der Waals surface area (Å²) in [6, 6.07) is 8.74. The Balaban J connectivity index is 1.83. The van der Waals surface area contributed by atoms with Crippen LogP contribution in [0.4, 0.5) is 4.39 Å². The fourth-order valence-corrected chi connectivity index (χ4v) is 2.46. The smallest absolute Gasteiger partial charge is 0.252 e. The van der Waals surface area contributed by atoms with Crippen LogP contribution >= 0.6 is 23.2 Å². The lowest BCUT2D eigenvalue weighted by atomic mass is 10.2. The monoisotopic (exact) mass is 384 g/mol. The summed E-state index contributed by atoms with van der Waals surface area (Å²) in [5.74, 6) is -0.924. The predicted molar refractivity (Wildman–Crippen MR) is 94.1 cm³/mol. The molecule has 0 saturated carbocycles. The van der Waals surface area contributed by atoms with E-state index in [-0.39, 0.29) is 34.6 Å². The Bertz CT molecular complexity index is 782. The standard InChI is InChI=1S/C17H15Cl2FN2O3/c1-25-11-4-2-10(3-5-11)16(23)21-6-7-22-17(24)12-8-15(20)14(19)9-13(12)18/h2-5,8-9H,6-7H2,1H3,(H,21,23)(H,22,24). The van der Waals surface area contributed by atoms with E-state index in [0.717, 1.165) is 6.07 Å². The number of benzene rings is 2. The second-order valence-corrected chi connectivity index (χ2v) is 5.80. The zero-order valence-electron chi connectivity index (χ0n) is 13.2. The maximum Gasteiger partial charge on any atom is 0.252 e. The average Bonchev–Trinajstić information content (AvgIpc) is 2.61. The Kier molecular flexibility index (Phi) is 6.61. The molecule has 0 atom stereocenters. The van der Waals surface area contributed by atoms with Gasteiger partial charge in [-0.05, 0) is 36.4 Å². The summed E-state index contributed by atoms with van der Waals surface area (Å²) >= 11 is 11.5. The number of hydrogen-bond donors (Lipinski definition) is 2. The molecule has 2 aromatic carbocycles. The van der Waals surface area contributed by atoms with Gasteiger partial charge in [0.05, 0.1) is 22.7 Å². The number of amides is 2. The molecule has 0 aromatic heterocycles. The van der Waals surface area contributed by atoms with Crippen LogP contribution in [0.15, 0.2) is 36.4 Å². The van der Waals surface area contributed by atoms with Crippen molar-refractivity contribution in [1.29, 1.82) is 0 Å². The van der Waals surface area contributed by atoms with Crippen molar-refractivity contribution in [3.8, 4) is 5.75 Å². The van der Waals surface area contributed by atoms with Gasteiger partial charge in [0.25, 0.3) is 11.8 Å². The van der Waals surface area contributed by atoms with Crippen molar-refractivity contribution in [2.75, 3.05) is 20.2 Å². The highest BCUT2D eigenvalue weighted by Gasteiger charge is 2.14. The van der Waals surface area contributed by atoms with E-state index >= 15 is 0 Å². The number of halogens is 3. The summed E-state index contributed by atoms with van der Waals surface area (Å²) < 4.78 is 18.4. The molecule has 0 heterocycles. The maximum absolute atomic E-state index is 13.4. The van der Waals surface area contributed by atoms with Gasteiger partial charge < -0.3 is 15.4 Å². The van der Waals surface area contributed by atoms with E-state index in [1.807, 2.05) is 0 Å². The molecular weight excluding hydrogens is 370 g/mol. The van der Waals surface area contributed by atoms with Gasteiger partial charge in [0.1, 0.15) is 11.6 Å². The number of ether oxygens (including phenoxy) is 1. The largest absolute Gasteiger partial charge is 0.497 e. The molecule has 0 saturated heterocycles. The third kappa shape index (κ3) is 5.08. The van der Waals surface area contributed by atoms with E-state index in [2.05, 4.69) is 10.6 Å². The van der Waals surface area contributed by atoms with Gasteiger partial charge in [-0.1, -0.05) is 23.2 Å². The molecule has 0 spiro atoms. The van der Waals surface area contributed by atoms with Gasteiger partial charge in [-0.25, -0.2) is 4.39 Å². The van der Waals surface area contributed by atoms with Crippen LogP contribution in [0.2, 0.25) is 10.0 Å². The fourth-order valence-electron chi connectivity index (χ4n) is 1.99. The van der Waals surface area contributed by atoms with Gasteiger partial charge in [-0.3, -0.25) is 9.59 Å². The predicted octanol–water partition coefficient (Wildman–Crippen LogP) is 3.30. The summed E-state index contributed by atoms with van der Waals surface area (Å²) in [6.45, 7) is 0.353. The van der Waals surface area contributed by atoms with E-state index in [1.165, 1.54) is 13.2 Å². The van der Waals surface area contributed by atoms with Crippen LogP contribution in [0.25, 0.3) is 0 Å². The van der Waals surface area contributed by atoms with Crippen molar-refractivity contribution >= 4 is 35.0 Å². The summed E-state index contributed by atoms with van der Waals surface area (Å²) in [6.07, 6.45) is 0. The van der Waals surface area contributed by atoms with Gasteiger partial charge >= 0.3 is 0 Å². The summed E-state index contributed by atoms with van der Waals surface area (Å²) in [5.41, 5.74) is 0.444. The number of hydrogen-bond acceptors (Lipinski definition) is 3. The van der Waals surface area contributed by atoms with Crippen LogP contribution < -0.4 is 15.4 Å². The van der Waals surface area contributed by atoms with Gasteiger partial charge in [0.2, 0.25) is 0 Å². The molecule has 2 rings (SSSR count). The molecule has 0 aliphatic heterocycles. The van der Waals surface area contributed by atoms with Crippen molar-refractivity contribution in [2.24, 2.45) is 0 Å². The zero-order valence-corrected chi connectivity index (χ0v) is 14.7. The summed E-state index contributed by atoms with van der Waals surface area (Å²) in [5, 5.41) is 5.09. The van der Waals surface area contributed by atoms with Crippen LogP contribution in [0.3, 0.4) is 0 Å². The second-order valence-electron chi connectivity index (χ2n) is 4.99. The van der Waals surface area contributed by atoms with Crippen LogP contribution in [0.5, 0.6) is 5.75 Å². The molecule has 2 amide bonds. The second kappa shape index (κ2) is 8.69. The highest BCUT2D eigenvalue weighted by molar-refractivity contribution is 6.36. The normalized spacial score (nSPS) is 10.2. The summed E-state index contributed by atoms with van der Waals surface area (Å²) in [7, 11) is 1.54. The highest BCUT2D eigenvalue weighted by atomic mass is 35.5. The molecule has 25 heavy (non-hydrogen) atoms. The Hall–Kier alpha value is -2.31. The number of rotatable bonds is 6. The van der Waals surface area contributed by atoms with Crippen LogP contribution in [0.1, 0.15) is 20.7 Å². The fraction of sp³-hybridized carbons (Fsp3) is 0.176.